The van der Waals surface area contributed by atoms with Crippen molar-refractivity contribution in [1.29, 1.82) is 0 Å². The third-order valence-corrected chi connectivity index (χ3v) is 4.16. The van der Waals surface area contributed by atoms with Gasteiger partial charge in [0.1, 0.15) is 5.58 Å². The average Bonchev–Trinajstić information content (AvgIpc) is 2.87. The van der Waals surface area contributed by atoms with Crippen LogP contribution in [-0.4, -0.2) is 43.2 Å². The smallest absolute Gasteiger partial charge is 0.290 e. The zero-order valence-electron chi connectivity index (χ0n) is 11.5. The van der Waals surface area contributed by atoms with Crippen molar-refractivity contribution in [2.24, 2.45) is 0 Å². The molecule has 2 aromatic rings. The van der Waals surface area contributed by atoms with Gasteiger partial charge in [0, 0.05) is 42.9 Å². The van der Waals surface area contributed by atoms with Gasteiger partial charge in [-0.2, -0.15) is 11.8 Å². The fourth-order valence-electron chi connectivity index (χ4n) is 2.57. The van der Waals surface area contributed by atoms with E-state index >= 15 is 0 Å². The van der Waals surface area contributed by atoms with Crippen LogP contribution in [0.2, 0.25) is 0 Å². The van der Waals surface area contributed by atoms with E-state index in [9.17, 15) is 4.79 Å². The molecule has 3 rings (SSSR count). The van der Waals surface area contributed by atoms with Crippen LogP contribution in [0.15, 0.2) is 28.7 Å². The Morgan fingerprint density at radius 3 is 2.85 bits per heavy atom. The lowest BCUT2D eigenvalue weighted by Crippen LogP contribution is -2.46. The number of rotatable bonds is 3. The van der Waals surface area contributed by atoms with E-state index in [0.29, 0.717) is 5.76 Å². The Morgan fingerprint density at radius 1 is 1.35 bits per heavy atom. The number of hydrogen-bond acceptors (Lipinski definition) is 4. The van der Waals surface area contributed by atoms with E-state index in [1.807, 2.05) is 35.4 Å². The molecule has 0 spiro atoms. The van der Waals surface area contributed by atoms with Gasteiger partial charge < -0.3 is 14.6 Å². The number of nitrogens with one attached hydrogen (secondary N) is 1. The number of carbonyl (C=O) groups excluding carboxylic acids is 1. The van der Waals surface area contributed by atoms with Gasteiger partial charge in [-0.25, -0.2) is 0 Å². The minimum absolute atomic E-state index is 0.0201. The standard InChI is InChI=1S/C15H18N2O2S/c1-20-10-12-11-4-2-3-5-13(11)19-14(12)15(18)17-8-6-16-7-9-17/h2-5,16H,6-10H2,1H3. The van der Waals surface area contributed by atoms with Crippen molar-refractivity contribution < 1.29 is 9.21 Å². The molecule has 1 aromatic carbocycles. The number of nitrogens with zero attached hydrogens (tertiary/aromatic N) is 1. The van der Waals surface area contributed by atoms with Gasteiger partial charge in [-0.3, -0.25) is 4.79 Å². The summed E-state index contributed by atoms with van der Waals surface area (Å²) in [5, 5.41) is 4.31. The maximum absolute atomic E-state index is 12.7. The Balaban J connectivity index is 2.00. The van der Waals surface area contributed by atoms with Crippen molar-refractivity contribution in [2.75, 3.05) is 32.4 Å². The van der Waals surface area contributed by atoms with Gasteiger partial charge in [0.15, 0.2) is 5.76 Å². The fraction of sp³-hybridized carbons (Fsp3) is 0.400. The molecule has 20 heavy (non-hydrogen) atoms. The van der Waals surface area contributed by atoms with Crippen molar-refractivity contribution in [3.8, 4) is 0 Å². The molecule has 0 bridgehead atoms. The van der Waals surface area contributed by atoms with Crippen LogP contribution in [0.5, 0.6) is 0 Å². The van der Waals surface area contributed by atoms with E-state index in [1.165, 1.54) is 0 Å². The Morgan fingerprint density at radius 2 is 2.10 bits per heavy atom. The molecule has 0 atom stereocenters. The Kier molecular flexibility index (Phi) is 3.98. The summed E-state index contributed by atoms with van der Waals surface area (Å²) in [6, 6.07) is 7.88. The van der Waals surface area contributed by atoms with Crippen LogP contribution >= 0.6 is 11.8 Å². The highest BCUT2D eigenvalue weighted by Gasteiger charge is 2.25. The van der Waals surface area contributed by atoms with Crippen LogP contribution in [0, 0.1) is 0 Å². The summed E-state index contributed by atoms with van der Waals surface area (Å²) < 4.78 is 5.84. The molecule has 1 fully saturated rings. The Labute approximate surface area is 122 Å². The largest absolute Gasteiger partial charge is 0.451 e. The van der Waals surface area contributed by atoms with E-state index in [4.69, 9.17) is 4.42 Å². The lowest BCUT2D eigenvalue weighted by Gasteiger charge is -2.26. The second-order valence-electron chi connectivity index (χ2n) is 4.88. The molecule has 0 saturated carbocycles. The number of benzene rings is 1. The summed E-state index contributed by atoms with van der Waals surface area (Å²) in [5.74, 6) is 1.33. The number of furan rings is 1. The maximum atomic E-state index is 12.7. The van der Waals surface area contributed by atoms with Crippen LogP contribution in [0.25, 0.3) is 11.0 Å². The van der Waals surface area contributed by atoms with Crippen LogP contribution < -0.4 is 5.32 Å². The van der Waals surface area contributed by atoms with Gasteiger partial charge in [0.2, 0.25) is 0 Å². The first-order chi connectivity index (χ1) is 9.81. The molecule has 1 saturated heterocycles. The van der Waals surface area contributed by atoms with Gasteiger partial charge in [0.05, 0.1) is 0 Å². The Bertz CT molecular complexity index is 617. The minimum Gasteiger partial charge on any atom is -0.451 e. The van der Waals surface area contributed by atoms with Gasteiger partial charge in [-0.05, 0) is 12.3 Å². The molecule has 5 heteroatoms. The van der Waals surface area contributed by atoms with Gasteiger partial charge in [-0.15, -0.1) is 0 Å². The third kappa shape index (κ3) is 2.43. The molecule has 2 heterocycles. The highest BCUT2D eigenvalue weighted by molar-refractivity contribution is 7.97. The number of fused-ring (bicyclic) bond motifs is 1. The molecular formula is C15H18N2O2S. The molecule has 4 nitrogen and oxygen atoms in total. The summed E-state index contributed by atoms with van der Waals surface area (Å²) in [6.07, 6.45) is 2.04. The van der Waals surface area contributed by atoms with E-state index in [0.717, 1.165) is 48.5 Å². The third-order valence-electron chi connectivity index (χ3n) is 3.59. The molecule has 0 aliphatic carbocycles. The van der Waals surface area contributed by atoms with Crippen LogP contribution in [0.1, 0.15) is 16.1 Å². The van der Waals surface area contributed by atoms with Crippen molar-refractivity contribution in [1.82, 2.24) is 10.2 Å². The van der Waals surface area contributed by atoms with Gasteiger partial charge in [-0.1, -0.05) is 18.2 Å². The van der Waals surface area contributed by atoms with Crippen LogP contribution in [-0.2, 0) is 5.75 Å². The Hall–Kier alpha value is -1.46. The number of thioether (sulfide) groups is 1. The molecule has 1 aliphatic rings. The fourth-order valence-corrected chi connectivity index (χ4v) is 3.15. The molecule has 0 unspecified atom stereocenters. The first-order valence-electron chi connectivity index (χ1n) is 6.80. The van der Waals surface area contributed by atoms with E-state index in [1.54, 1.807) is 11.8 Å². The number of amides is 1. The van der Waals surface area contributed by atoms with E-state index in [2.05, 4.69) is 5.32 Å². The van der Waals surface area contributed by atoms with E-state index < -0.39 is 0 Å². The molecule has 1 amide bonds. The quantitative estimate of drug-likeness (QED) is 0.942. The number of carbonyl (C=O) groups is 1. The van der Waals surface area contributed by atoms with Crippen LogP contribution in [0.3, 0.4) is 0 Å². The van der Waals surface area contributed by atoms with Gasteiger partial charge in [0.25, 0.3) is 5.91 Å². The van der Waals surface area contributed by atoms with E-state index in [-0.39, 0.29) is 5.91 Å². The van der Waals surface area contributed by atoms with Gasteiger partial charge >= 0.3 is 0 Å². The summed E-state index contributed by atoms with van der Waals surface area (Å²) >= 11 is 1.71. The maximum Gasteiger partial charge on any atom is 0.290 e. The molecular weight excluding hydrogens is 272 g/mol. The van der Waals surface area contributed by atoms with Crippen molar-refractivity contribution in [3.63, 3.8) is 0 Å². The van der Waals surface area contributed by atoms with Crippen molar-refractivity contribution in [2.45, 2.75) is 5.75 Å². The first kappa shape index (κ1) is 13.5. The van der Waals surface area contributed by atoms with Crippen molar-refractivity contribution in [3.05, 3.63) is 35.6 Å². The molecule has 1 N–H and O–H groups in total. The molecule has 1 aliphatic heterocycles. The second kappa shape index (κ2) is 5.89. The van der Waals surface area contributed by atoms with Crippen LogP contribution in [0.4, 0.5) is 0 Å². The van der Waals surface area contributed by atoms with Crippen molar-refractivity contribution >= 4 is 28.6 Å². The summed E-state index contributed by atoms with van der Waals surface area (Å²) in [5.41, 5.74) is 1.83. The zero-order valence-corrected chi connectivity index (χ0v) is 12.3. The lowest BCUT2D eigenvalue weighted by atomic mass is 10.1. The monoisotopic (exact) mass is 290 g/mol. The summed E-state index contributed by atoms with van der Waals surface area (Å²) in [6.45, 7) is 3.19. The average molecular weight is 290 g/mol. The topological polar surface area (TPSA) is 45.5 Å². The number of hydrogen-bond donors (Lipinski definition) is 1. The SMILES string of the molecule is CSCc1c(C(=O)N2CCNCC2)oc2ccccc12. The predicted molar refractivity (Wildman–Crippen MR) is 82.2 cm³/mol. The molecule has 106 valence electrons. The lowest BCUT2D eigenvalue weighted by molar-refractivity contribution is 0.0705. The highest BCUT2D eigenvalue weighted by Crippen LogP contribution is 2.29. The number of para-hydroxylation sites is 1. The normalized spacial score (nSPS) is 15.8. The zero-order chi connectivity index (χ0) is 13.9. The second-order valence-corrected chi connectivity index (χ2v) is 5.75. The summed E-state index contributed by atoms with van der Waals surface area (Å²) in [7, 11) is 0. The minimum atomic E-state index is 0.0201. The first-order valence-corrected chi connectivity index (χ1v) is 8.20. The predicted octanol–water partition coefficient (Wildman–Crippen LogP) is 2.34. The molecule has 0 radical (unpaired) electrons. The summed E-state index contributed by atoms with van der Waals surface area (Å²) in [4.78, 5) is 14.5. The molecule has 1 aromatic heterocycles. The highest BCUT2D eigenvalue weighted by atomic mass is 32.2. The number of piperazine rings is 1.